The number of fused-ring (bicyclic) bond motifs is 1. The molecule has 2 aliphatic rings. The van der Waals surface area contributed by atoms with E-state index in [4.69, 9.17) is 11.6 Å². The number of carbonyl (C=O) groups is 1. The first-order valence-electron chi connectivity index (χ1n) is 9.42. The van der Waals surface area contributed by atoms with E-state index in [9.17, 15) is 13.2 Å². The van der Waals surface area contributed by atoms with Crippen LogP contribution in [0.5, 0.6) is 0 Å². The van der Waals surface area contributed by atoms with Crippen LogP contribution >= 0.6 is 11.6 Å². The van der Waals surface area contributed by atoms with Crippen molar-refractivity contribution in [2.75, 3.05) is 28.0 Å². The third-order valence-corrected chi connectivity index (χ3v) is 6.78. The first-order valence-corrected chi connectivity index (χ1v) is 11.3. The van der Waals surface area contributed by atoms with Crippen LogP contribution in [-0.2, 0) is 21.2 Å². The van der Waals surface area contributed by atoms with E-state index in [-0.39, 0.29) is 10.8 Å². The van der Waals surface area contributed by atoms with Crippen LogP contribution in [0.4, 0.5) is 17.1 Å². The standard InChI is InChI=1S/C20H22ClN3O3S/c21-15-5-8-19(24-10-2-1-3-11-24)18(13-15)23-28(26,27)16-6-7-17-14(12-16)4-9-20(25)22-17/h5-8,12-13,23H,1-4,9-11H2,(H,22,25). The number of piperidine rings is 1. The molecule has 2 aromatic carbocycles. The molecule has 1 fully saturated rings. The van der Waals surface area contributed by atoms with Crippen LogP contribution in [0.2, 0.25) is 5.02 Å². The first-order chi connectivity index (χ1) is 13.4. The van der Waals surface area contributed by atoms with Crippen molar-refractivity contribution in [3.8, 4) is 0 Å². The smallest absolute Gasteiger partial charge is 0.261 e. The van der Waals surface area contributed by atoms with Crippen LogP contribution in [0.3, 0.4) is 0 Å². The van der Waals surface area contributed by atoms with Crippen LogP contribution < -0.4 is 14.9 Å². The van der Waals surface area contributed by atoms with E-state index < -0.39 is 10.0 Å². The number of halogens is 1. The summed E-state index contributed by atoms with van der Waals surface area (Å²) in [6, 6.07) is 10.1. The zero-order valence-corrected chi connectivity index (χ0v) is 16.9. The number of nitrogens with zero attached hydrogens (tertiary/aromatic N) is 1. The summed E-state index contributed by atoms with van der Waals surface area (Å²) in [6.45, 7) is 1.80. The van der Waals surface area contributed by atoms with Gasteiger partial charge in [0.2, 0.25) is 5.91 Å². The van der Waals surface area contributed by atoms with Crippen molar-refractivity contribution in [3.63, 3.8) is 0 Å². The summed E-state index contributed by atoms with van der Waals surface area (Å²) < 4.78 is 28.8. The summed E-state index contributed by atoms with van der Waals surface area (Å²) in [5, 5.41) is 3.25. The quantitative estimate of drug-likeness (QED) is 0.784. The molecule has 0 unspecified atom stereocenters. The molecular formula is C20H22ClN3O3S. The van der Waals surface area contributed by atoms with Gasteiger partial charge in [-0.1, -0.05) is 11.6 Å². The lowest BCUT2D eigenvalue weighted by molar-refractivity contribution is -0.116. The number of benzene rings is 2. The van der Waals surface area contributed by atoms with E-state index in [2.05, 4.69) is 14.9 Å². The Kier molecular flexibility index (Phi) is 5.21. The van der Waals surface area contributed by atoms with Crippen molar-refractivity contribution in [3.05, 3.63) is 47.0 Å². The summed E-state index contributed by atoms with van der Waals surface area (Å²) in [5.41, 5.74) is 2.83. The topological polar surface area (TPSA) is 78.5 Å². The zero-order valence-electron chi connectivity index (χ0n) is 15.4. The summed E-state index contributed by atoms with van der Waals surface area (Å²) >= 11 is 6.15. The Bertz CT molecular complexity index is 1020. The van der Waals surface area contributed by atoms with Gasteiger partial charge < -0.3 is 10.2 Å². The van der Waals surface area contributed by atoms with Gasteiger partial charge in [-0.25, -0.2) is 8.42 Å². The van der Waals surface area contributed by atoms with Gasteiger partial charge in [0, 0.05) is 30.2 Å². The average Bonchev–Trinajstić information content (AvgIpc) is 2.68. The molecule has 2 heterocycles. The molecule has 1 amide bonds. The summed E-state index contributed by atoms with van der Waals surface area (Å²) in [7, 11) is -3.79. The van der Waals surface area contributed by atoms with E-state index in [0.29, 0.717) is 29.2 Å². The Balaban J connectivity index is 1.65. The minimum absolute atomic E-state index is 0.0497. The number of carbonyl (C=O) groups excluding carboxylic acids is 1. The number of anilines is 3. The average molecular weight is 420 g/mol. The van der Waals surface area contributed by atoms with Crippen LogP contribution in [0.15, 0.2) is 41.3 Å². The molecule has 8 heteroatoms. The van der Waals surface area contributed by atoms with Crippen LogP contribution in [-0.4, -0.2) is 27.4 Å². The maximum absolute atomic E-state index is 13.0. The van der Waals surface area contributed by atoms with Crippen molar-refractivity contribution in [2.24, 2.45) is 0 Å². The second-order valence-electron chi connectivity index (χ2n) is 7.18. The lowest BCUT2D eigenvalue weighted by Crippen LogP contribution is -2.30. The predicted molar refractivity (Wildman–Crippen MR) is 112 cm³/mol. The van der Waals surface area contributed by atoms with Gasteiger partial charge in [-0.05, 0) is 67.6 Å². The SMILES string of the molecule is O=C1CCc2cc(S(=O)(=O)Nc3cc(Cl)ccc3N3CCCCC3)ccc2N1. The molecule has 0 spiro atoms. The molecule has 0 aromatic heterocycles. The monoisotopic (exact) mass is 419 g/mol. The minimum Gasteiger partial charge on any atom is -0.370 e. The summed E-state index contributed by atoms with van der Waals surface area (Å²) in [4.78, 5) is 13.9. The first kappa shape index (κ1) is 19.1. The van der Waals surface area contributed by atoms with Crippen LogP contribution in [0, 0.1) is 0 Å². The number of rotatable bonds is 4. The molecule has 0 radical (unpaired) electrons. The summed E-state index contributed by atoms with van der Waals surface area (Å²) in [5.74, 6) is -0.0497. The maximum Gasteiger partial charge on any atom is 0.261 e. The molecule has 2 aromatic rings. The lowest BCUT2D eigenvalue weighted by atomic mass is 10.0. The molecule has 2 aliphatic heterocycles. The van der Waals surface area contributed by atoms with E-state index >= 15 is 0 Å². The van der Waals surface area contributed by atoms with Gasteiger partial charge in [0.15, 0.2) is 0 Å². The fourth-order valence-corrected chi connectivity index (χ4v) is 5.02. The number of hydrogen-bond acceptors (Lipinski definition) is 4. The van der Waals surface area contributed by atoms with Gasteiger partial charge >= 0.3 is 0 Å². The molecule has 28 heavy (non-hydrogen) atoms. The molecule has 1 saturated heterocycles. The molecule has 0 aliphatic carbocycles. The minimum atomic E-state index is -3.79. The molecule has 0 bridgehead atoms. The normalized spacial score (nSPS) is 17.0. The van der Waals surface area contributed by atoms with Crippen molar-refractivity contribution in [1.29, 1.82) is 0 Å². The predicted octanol–water partition coefficient (Wildman–Crippen LogP) is 4.02. The van der Waals surface area contributed by atoms with Gasteiger partial charge in [0.05, 0.1) is 16.3 Å². The highest BCUT2D eigenvalue weighted by atomic mass is 35.5. The van der Waals surface area contributed by atoms with Crippen molar-refractivity contribution < 1.29 is 13.2 Å². The number of sulfonamides is 1. The highest BCUT2D eigenvalue weighted by Gasteiger charge is 2.22. The Morgan fingerprint density at radius 3 is 2.57 bits per heavy atom. The van der Waals surface area contributed by atoms with E-state index in [1.807, 2.05) is 6.07 Å². The molecule has 6 nitrogen and oxygen atoms in total. The van der Waals surface area contributed by atoms with E-state index in [1.54, 1.807) is 24.3 Å². The van der Waals surface area contributed by atoms with Crippen molar-refractivity contribution >= 4 is 44.6 Å². The Hall–Kier alpha value is -2.25. The largest absolute Gasteiger partial charge is 0.370 e. The van der Waals surface area contributed by atoms with Crippen molar-refractivity contribution in [1.82, 2.24) is 0 Å². The van der Waals surface area contributed by atoms with Gasteiger partial charge in [-0.2, -0.15) is 0 Å². The Labute approximate surface area is 169 Å². The number of aryl methyl sites for hydroxylation is 1. The molecule has 0 saturated carbocycles. The van der Waals surface area contributed by atoms with E-state index in [0.717, 1.165) is 37.2 Å². The van der Waals surface area contributed by atoms with Gasteiger partial charge in [-0.15, -0.1) is 0 Å². The highest BCUT2D eigenvalue weighted by Crippen LogP contribution is 2.33. The van der Waals surface area contributed by atoms with Crippen molar-refractivity contribution in [2.45, 2.75) is 37.0 Å². The fourth-order valence-electron chi connectivity index (χ4n) is 3.73. The van der Waals surface area contributed by atoms with Gasteiger partial charge in [0.25, 0.3) is 10.0 Å². The molecular weight excluding hydrogens is 398 g/mol. The highest BCUT2D eigenvalue weighted by molar-refractivity contribution is 7.92. The Morgan fingerprint density at radius 1 is 1.00 bits per heavy atom. The second-order valence-corrected chi connectivity index (χ2v) is 9.30. The van der Waals surface area contributed by atoms with Crippen LogP contribution in [0.25, 0.3) is 0 Å². The van der Waals surface area contributed by atoms with Gasteiger partial charge in [-0.3, -0.25) is 9.52 Å². The fraction of sp³-hybridized carbons (Fsp3) is 0.350. The third kappa shape index (κ3) is 3.95. The zero-order chi connectivity index (χ0) is 19.7. The van der Waals surface area contributed by atoms with E-state index in [1.165, 1.54) is 12.5 Å². The molecule has 0 atom stereocenters. The lowest BCUT2D eigenvalue weighted by Gasteiger charge is -2.30. The van der Waals surface area contributed by atoms with Gasteiger partial charge in [0.1, 0.15) is 0 Å². The molecule has 4 rings (SSSR count). The maximum atomic E-state index is 13.0. The molecule has 148 valence electrons. The third-order valence-electron chi connectivity index (χ3n) is 5.18. The Morgan fingerprint density at radius 2 is 1.79 bits per heavy atom. The number of amides is 1. The second kappa shape index (κ2) is 7.64. The number of nitrogens with one attached hydrogen (secondary N) is 2. The van der Waals surface area contributed by atoms with Crippen LogP contribution in [0.1, 0.15) is 31.2 Å². The molecule has 2 N–H and O–H groups in total. The number of hydrogen-bond donors (Lipinski definition) is 2. The summed E-state index contributed by atoms with van der Waals surface area (Å²) in [6.07, 6.45) is 4.26.